The Morgan fingerprint density at radius 2 is 1.88 bits per heavy atom. The van der Waals surface area contributed by atoms with Gasteiger partial charge in [-0.3, -0.25) is 9.52 Å². The average Bonchev–Trinajstić information content (AvgIpc) is 3.10. The Labute approximate surface area is 194 Å². The number of hydrogen-bond donors (Lipinski definition) is 1. The van der Waals surface area contributed by atoms with E-state index in [1.54, 1.807) is 34.9 Å². The number of rotatable bonds is 5. The fourth-order valence-corrected chi connectivity index (χ4v) is 5.34. The number of halogens is 1. The Hall–Kier alpha value is -3.74. The summed E-state index contributed by atoms with van der Waals surface area (Å²) in [6, 6.07) is 16.8. The first-order valence-corrected chi connectivity index (χ1v) is 12.1. The van der Waals surface area contributed by atoms with Crippen LogP contribution in [0.1, 0.15) is 15.9 Å². The molecular formula is C24H18FN3O3S2. The van der Waals surface area contributed by atoms with Crippen molar-refractivity contribution < 1.29 is 17.6 Å². The molecule has 3 aromatic carbocycles. The molecule has 0 spiro atoms. The number of thiazole rings is 1. The van der Waals surface area contributed by atoms with Crippen molar-refractivity contribution in [2.45, 2.75) is 18.4 Å². The highest BCUT2D eigenvalue weighted by Gasteiger charge is 2.19. The number of benzene rings is 3. The molecule has 0 aliphatic heterocycles. The fraction of sp³-hybridized carbons (Fsp3) is 0.0833. The van der Waals surface area contributed by atoms with Crippen molar-refractivity contribution in [3.05, 3.63) is 88.5 Å². The van der Waals surface area contributed by atoms with Crippen LogP contribution in [0.15, 0.2) is 76.6 Å². The van der Waals surface area contributed by atoms with E-state index in [4.69, 9.17) is 6.42 Å². The molecular weight excluding hydrogens is 461 g/mol. The lowest BCUT2D eigenvalue weighted by atomic mass is 10.2. The van der Waals surface area contributed by atoms with Gasteiger partial charge in [-0.05, 0) is 49.4 Å². The molecule has 1 amide bonds. The number of nitrogens with zero attached hydrogens (tertiary/aromatic N) is 2. The molecule has 6 nitrogen and oxygen atoms in total. The molecule has 166 valence electrons. The first-order valence-electron chi connectivity index (χ1n) is 9.78. The third kappa shape index (κ3) is 4.72. The van der Waals surface area contributed by atoms with Gasteiger partial charge in [0.25, 0.3) is 15.9 Å². The van der Waals surface area contributed by atoms with E-state index in [2.05, 4.69) is 15.6 Å². The molecule has 0 unspecified atom stereocenters. The Bertz CT molecular complexity index is 1580. The van der Waals surface area contributed by atoms with E-state index >= 15 is 0 Å². The minimum absolute atomic E-state index is 0.0732. The van der Waals surface area contributed by atoms with Gasteiger partial charge in [-0.25, -0.2) is 12.8 Å². The van der Waals surface area contributed by atoms with E-state index < -0.39 is 21.7 Å². The van der Waals surface area contributed by atoms with Crippen molar-refractivity contribution >= 4 is 43.2 Å². The summed E-state index contributed by atoms with van der Waals surface area (Å²) in [7, 11) is -3.92. The van der Waals surface area contributed by atoms with Crippen LogP contribution in [-0.2, 0) is 16.6 Å². The highest BCUT2D eigenvalue weighted by Crippen LogP contribution is 2.22. The Morgan fingerprint density at radius 3 is 2.61 bits per heavy atom. The van der Waals surface area contributed by atoms with E-state index in [1.165, 1.54) is 36.4 Å². The van der Waals surface area contributed by atoms with Gasteiger partial charge in [-0.1, -0.05) is 47.1 Å². The Balaban J connectivity index is 1.75. The summed E-state index contributed by atoms with van der Waals surface area (Å²) in [6.07, 6.45) is 5.47. The maximum Gasteiger partial charge on any atom is 0.281 e. The number of amides is 1. The number of hydrogen-bond acceptors (Lipinski definition) is 4. The average molecular weight is 480 g/mol. The second-order valence-corrected chi connectivity index (χ2v) is 9.86. The second kappa shape index (κ2) is 9.02. The summed E-state index contributed by atoms with van der Waals surface area (Å²) in [5.41, 5.74) is 1.75. The number of terminal acetylenes is 1. The third-order valence-electron chi connectivity index (χ3n) is 4.82. The molecule has 0 saturated carbocycles. The minimum Gasteiger partial charge on any atom is -0.305 e. The van der Waals surface area contributed by atoms with Crippen LogP contribution in [0.2, 0.25) is 0 Å². The smallest absolute Gasteiger partial charge is 0.281 e. The Kier molecular flexibility index (Phi) is 6.14. The predicted octanol–water partition coefficient (Wildman–Crippen LogP) is 4.33. The van der Waals surface area contributed by atoms with Crippen molar-refractivity contribution in [1.82, 2.24) is 4.57 Å². The molecule has 33 heavy (non-hydrogen) atoms. The number of fused-ring (bicyclic) bond motifs is 1. The zero-order chi connectivity index (χ0) is 23.6. The monoisotopic (exact) mass is 479 g/mol. The molecule has 0 saturated heterocycles. The number of nitrogens with one attached hydrogen (secondary N) is 1. The fourth-order valence-electron chi connectivity index (χ4n) is 3.20. The quantitative estimate of drug-likeness (QED) is 0.433. The molecule has 0 aliphatic carbocycles. The van der Waals surface area contributed by atoms with Crippen LogP contribution in [0.25, 0.3) is 10.2 Å². The maximum atomic E-state index is 13.7. The minimum atomic E-state index is -3.92. The van der Waals surface area contributed by atoms with Gasteiger partial charge in [0.15, 0.2) is 4.80 Å². The number of anilines is 1. The summed E-state index contributed by atoms with van der Waals surface area (Å²) in [6.45, 7) is 1.99. The van der Waals surface area contributed by atoms with Crippen molar-refractivity contribution in [3.8, 4) is 12.3 Å². The molecule has 9 heteroatoms. The molecule has 4 rings (SSSR count). The van der Waals surface area contributed by atoms with Gasteiger partial charge < -0.3 is 4.57 Å². The molecule has 1 heterocycles. The molecule has 0 fully saturated rings. The van der Waals surface area contributed by atoms with Gasteiger partial charge in [0.2, 0.25) is 0 Å². The van der Waals surface area contributed by atoms with Gasteiger partial charge in [-0.15, -0.1) is 6.42 Å². The third-order valence-corrected chi connectivity index (χ3v) is 7.25. The highest BCUT2D eigenvalue weighted by atomic mass is 32.2. The standard InChI is InChI=1S/C24H18FN3O3S2/c1-3-14-28-21-13-10-17(25)15-22(21)32-24(28)26-23(29)19-6-4-5-7-20(19)27-33(30,31)18-11-8-16(2)9-12-18/h1,4-13,15,27H,14H2,2H3. The largest absolute Gasteiger partial charge is 0.305 e. The summed E-state index contributed by atoms with van der Waals surface area (Å²) in [4.78, 5) is 17.6. The zero-order valence-electron chi connectivity index (χ0n) is 17.4. The molecule has 0 atom stereocenters. The maximum absolute atomic E-state index is 13.7. The number of sulfonamides is 1. The van der Waals surface area contributed by atoms with Gasteiger partial charge in [0.1, 0.15) is 5.82 Å². The lowest BCUT2D eigenvalue weighted by Crippen LogP contribution is -2.18. The van der Waals surface area contributed by atoms with Crippen LogP contribution >= 0.6 is 11.3 Å². The van der Waals surface area contributed by atoms with Crippen molar-refractivity contribution in [2.24, 2.45) is 4.99 Å². The van der Waals surface area contributed by atoms with Crippen LogP contribution in [0.4, 0.5) is 10.1 Å². The van der Waals surface area contributed by atoms with Crippen molar-refractivity contribution in [1.29, 1.82) is 0 Å². The van der Waals surface area contributed by atoms with Gasteiger partial charge in [0, 0.05) is 0 Å². The van der Waals surface area contributed by atoms with E-state index in [-0.39, 0.29) is 27.5 Å². The van der Waals surface area contributed by atoms with Crippen LogP contribution in [0.5, 0.6) is 0 Å². The first kappa shape index (κ1) is 22.5. The van der Waals surface area contributed by atoms with Gasteiger partial charge in [-0.2, -0.15) is 4.99 Å². The van der Waals surface area contributed by atoms with Crippen LogP contribution in [-0.4, -0.2) is 18.9 Å². The van der Waals surface area contributed by atoms with Crippen LogP contribution < -0.4 is 9.52 Å². The number of aryl methyl sites for hydroxylation is 1. The molecule has 1 N–H and O–H groups in total. The van der Waals surface area contributed by atoms with E-state index in [0.29, 0.717) is 10.2 Å². The summed E-state index contributed by atoms with van der Waals surface area (Å²) in [5, 5.41) is 0. The summed E-state index contributed by atoms with van der Waals surface area (Å²) >= 11 is 1.12. The second-order valence-electron chi connectivity index (χ2n) is 7.17. The lowest BCUT2D eigenvalue weighted by Gasteiger charge is -2.11. The van der Waals surface area contributed by atoms with E-state index in [0.717, 1.165) is 16.9 Å². The molecule has 0 aliphatic rings. The number of para-hydroxylation sites is 1. The van der Waals surface area contributed by atoms with Crippen molar-refractivity contribution in [2.75, 3.05) is 4.72 Å². The highest BCUT2D eigenvalue weighted by molar-refractivity contribution is 7.92. The Morgan fingerprint density at radius 1 is 1.15 bits per heavy atom. The van der Waals surface area contributed by atoms with Gasteiger partial charge >= 0.3 is 0 Å². The number of aromatic nitrogens is 1. The lowest BCUT2D eigenvalue weighted by molar-refractivity contribution is 0.0998. The zero-order valence-corrected chi connectivity index (χ0v) is 19.1. The predicted molar refractivity (Wildman–Crippen MR) is 127 cm³/mol. The number of carbonyl (C=O) groups excluding carboxylic acids is 1. The van der Waals surface area contributed by atoms with Gasteiger partial charge in [0.05, 0.1) is 32.9 Å². The van der Waals surface area contributed by atoms with E-state index in [1.807, 2.05) is 6.92 Å². The SMILES string of the molecule is C#CCn1c(=NC(=O)c2ccccc2NS(=O)(=O)c2ccc(C)cc2)sc2cc(F)ccc21. The summed E-state index contributed by atoms with van der Waals surface area (Å²) < 4.78 is 44.0. The summed E-state index contributed by atoms with van der Waals surface area (Å²) in [5.74, 6) is 1.44. The molecule has 0 bridgehead atoms. The number of carbonyl (C=O) groups is 1. The van der Waals surface area contributed by atoms with Crippen molar-refractivity contribution in [3.63, 3.8) is 0 Å². The van der Waals surface area contributed by atoms with Crippen LogP contribution in [0, 0.1) is 25.1 Å². The molecule has 0 radical (unpaired) electrons. The molecule has 1 aromatic heterocycles. The normalized spacial score (nSPS) is 12.0. The molecule has 4 aromatic rings. The first-order chi connectivity index (χ1) is 15.8. The van der Waals surface area contributed by atoms with Crippen LogP contribution in [0.3, 0.4) is 0 Å². The van der Waals surface area contributed by atoms with E-state index in [9.17, 15) is 17.6 Å². The topological polar surface area (TPSA) is 80.5 Å².